The minimum Gasteiger partial charge on any atom is -0.465 e. The summed E-state index contributed by atoms with van der Waals surface area (Å²) in [5.41, 5.74) is 0. The van der Waals surface area contributed by atoms with E-state index in [0.29, 0.717) is 6.04 Å². The van der Waals surface area contributed by atoms with E-state index in [-0.39, 0.29) is 0 Å². The zero-order valence-corrected chi connectivity index (χ0v) is 9.05. The second-order valence-electron chi connectivity index (χ2n) is 4.51. The van der Waals surface area contributed by atoms with Gasteiger partial charge >= 0.3 is 0 Å². The number of furan rings is 1. The van der Waals surface area contributed by atoms with Crippen molar-refractivity contribution < 1.29 is 4.42 Å². The van der Waals surface area contributed by atoms with Gasteiger partial charge in [-0.2, -0.15) is 0 Å². The second-order valence-corrected chi connectivity index (χ2v) is 4.51. The highest BCUT2D eigenvalue weighted by molar-refractivity contribution is 5.05. The maximum atomic E-state index is 5.51. The third-order valence-corrected chi connectivity index (χ3v) is 3.06. The van der Waals surface area contributed by atoms with E-state index < -0.39 is 0 Å². The molecule has 1 saturated carbocycles. The highest BCUT2D eigenvalue weighted by Gasteiger charge is 2.20. The molecule has 0 amide bonds. The molecule has 0 aliphatic heterocycles. The van der Waals surface area contributed by atoms with Crippen LogP contribution < -0.4 is 5.32 Å². The maximum absolute atomic E-state index is 5.51. The van der Waals surface area contributed by atoms with Crippen LogP contribution in [0, 0.1) is 12.8 Å². The summed E-state index contributed by atoms with van der Waals surface area (Å²) in [5.74, 6) is 2.95. The first-order valence-corrected chi connectivity index (χ1v) is 5.53. The summed E-state index contributed by atoms with van der Waals surface area (Å²) in [6.45, 7) is 5.20. The summed E-state index contributed by atoms with van der Waals surface area (Å²) < 4.78 is 5.51. The van der Waals surface area contributed by atoms with E-state index >= 15 is 0 Å². The Morgan fingerprint density at radius 3 is 2.86 bits per heavy atom. The fourth-order valence-corrected chi connectivity index (χ4v) is 2.22. The fraction of sp³-hybridized carbons (Fsp3) is 0.667. The molecule has 1 aliphatic rings. The molecule has 1 aromatic rings. The Hall–Kier alpha value is -0.760. The normalized spacial score (nSPS) is 27.0. The van der Waals surface area contributed by atoms with Crippen LogP contribution in [-0.4, -0.2) is 6.04 Å². The molecule has 1 aromatic heterocycles. The highest BCUT2D eigenvalue weighted by atomic mass is 16.3. The summed E-state index contributed by atoms with van der Waals surface area (Å²) in [6, 6.07) is 4.78. The Balaban J connectivity index is 1.77. The van der Waals surface area contributed by atoms with E-state index in [1.54, 1.807) is 0 Å². The molecule has 78 valence electrons. The number of rotatable bonds is 3. The van der Waals surface area contributed by atoms with Crippen molar-refractivity contribution >= 4 is 0 Å². The number of nitrogens with one attached hydrogen (secondary N) is 1. The van der Waals surface area contributed by atoms with Crippen LogP contribution in [0.4, 0.5) is 0 Å². The first-order valence-electron chi connectivity index (χ1n) is 5.53. The number of hydrogen-bond donors (Lipinski definition) is 1. The molecular weight excluding hydrogens is 174 g/mol. The zero-order chi connectivity index (χ0) is 9.97. The second kappa shape index (κ2) is 4.18. The van der Waals surface area contributed by atoms with E-state index in [1.807, 2.05) is 13.0 Å². The van der Waals surface area contributed by atoms with Crippen LogP contribution in [0.15, 0.2) is 16.5 Å². The molecule has 2 unspecified atom stereocenters. The van der Waals surface area contributed by atoms with Crippen molar-refractivity contribution in [3.8, 4) is 0 Å². The molecule has 0 bridgehead atoms. The molecule has 14 heavy (non-hydrogen) atoms. The van der Waals surface area contributed by atoms with Gasteiger partial charge in [0.1, 0.15) is 11.5 Å². The van der Waals surface area contributed by atoms with Gasteiger partial charge in [0.15, 0.2) is 0 Å². The van der Waals surface area contributed by atoms with Crippen LogP contribution in [0.3, 0.4) is 0 Å². The monoisotopic (exact) mass is 193 g/mol. The molecule has 1 aliphatic carbocycles. The van der Waals surface area contributed by atoms with Crippen LogP contribution in [0.5, 0.6) is 0 Å². The van der Waals surface area contributed by atoms with Gasteiger partial charge < -0.3 is 9.73 Å². The van der Waals surface area contributed by atoms with Crippen molar-refractivity contribution in [2.45, 2.75) is 45.7 Å². The maximum Gasteiger partial charge on any atom is 0.117 e. The third-order valence-electron chi connectivity index (χ3n) is 3.06. The van der Waals surface area contributed by atoms with E-state index in [4.69, 9.17) is 4.42 Å². The SMILES string of the molecule is Cc1ccc(CNC2CCC(C)C2)o1. The lowest BCUT2D eigenvalue weighted by atomic mass is 10.1. The molecule has 1 fully saturated rings. The lowest BCUT2D eigenvalue weighted by molar-refractivity contribution is 0.428. The fourth-order valence-electron chi connectivity index (χ4n) is 2.22. The molecular formula is C12H19NO. The Morgan fingerprint density at radius 1 is 1.43 bits per heavy atom. The Bertz CT molecular complexity index is 292. The number of aryl methyl sites for hydroxylation is 1. The quantitative estimate of drug-likeness (QED) is 0.798. The summed E-state index contributed by atoms with van der Waals surface area (Å²) in [4.78, 5) is 0. The Morgan fingerprint density at radius 2 is 2.29 bits per heavy atom. The van der Waals surface area contributed by atoms with Gasteiger partial charge in [-0.05, 0) is 44.2 Å². The smallest absolute Gasteiger partial charge is 0.117 e. The van der Waals surface area contributed by atoms with E-state index in [1.165, 1.54) is 19.3 Å². The third kappa shape index (κ3) is 2.38. The average molecular weight is 193 g/mol. The van der Waals surface area contributed by atoms with Crippen molar-refractivity contribution in [3.63, 3.8) is 0 Å². The molecule has 2 atom stereocenters. The van der Waals surface area contributed by atoms with E-state index in [0.717, 1.165) is 24.0 Å². The minimum absolute atomic E-state index is 0.704. The van der Waals surface area contributed by atoms with Gasteiger partial charge in [-0.1, -0.05) is 6.92 Å². The summed E-state index contributed by atoms with van der Waals surface area (Å²) in [6.07, 6.45) is 4.01. The van der Waals surface area contributed by atoms with Gasteiger partial charge in [0.05, 0.1) is 6.54 Å². The lowest BCUT2D eigenvalue weighted by Gasteiger charge is -2.10. The summed E-state index contributed by atoms with van der Waals surface area (Å²) >= 11 is 0. The molecule has 0 saturated heterocycles. The molecule has 2 nitrogen and oxygen atoms in total. The highest BCUT2D eigenvalue weighted by Crippen LogP contribution is 2.24. The molecule has 0 radical (unpaired) electrons. The Labute approximate surface area is 85.7 Å². The molecule has 1 heterocycles. The van der Waals surface area contributed by atoms with E-state index in [2.05, 4.69) is 18.3 Å². The minimum atomic E-state index is 0.704. The average Bonchev–Trinajstić information content (AvgIpc) is 2.72. The van der Waals surface area contributed by atoms with Gasteiger partial charge in [0.2, 0.25) is 0 Å². The van der Waals surface area contributed by atoms with Crippen LogP contribution >= 0.6 is 0 Å². The van der Waals surface area contributed by atoms with Crippen molar-refractivity contribution in [2.75, 3.05) is 0 Å². The molecule has 2 heteroatoms. The Kier molecular flexibility index (Phi) is 2.92. The van der Waals surface area contributed by atoms with Crippen molar-refractivity contribution in [1.82, 2.24) is 5.32 Å². The lowest BCUT2D eigenvalue weighted by Crippen LogP contribution is -2.25. The van der Waals surface area contributed by atoms with Crippen LogP contribution in [-0.2, 0) is 6.54 Å². The van der Waals surface area contributed by atoms with Crippen molar-refractivity contribution in [3.05, 3.63) is 23.7 Å². The molecule has 2 rings (SSSR count). The van der Waals surface area contributed by atoms with E-state index in [9.17, 15) is 0 Å². The van der Waals surface area contributed by atoms with Crippen LogP contribution in [0.1, 0.15) is 37.7 Å². The standard InChI is InChI=1S/C12H19NO/c1-9-3-5-11(7-9)13-8-12-6-4-10(2)14-12/h4,6,9,11,13H,3,5,7-8H2,1-2H3. The first kappa shape index (κ1) is 9.78. The summed E-state index contributed by atoms with van der Waals surface area (Å²) in [5, 5.41) is 3.55. The molecule has 0 spiro atoms. The predicted octanol–water partition coefficient (Wildman–Crippen LogP) is 2.87. The molecule has 1 N–H and O–H groups in total. The van der Waals surface area contributed by atoms with Crippen LogP contribution in [0.2, 0.25) is 0 Å². The van der Waals surface area contributed by atoms with Gasteiger partial charge in [0.25, 0.3) is 0 Å². The van der Waals surface area contributed by atoms with Gasteiger partial charge in [-0.25, -0.2) is 0 Å². The zero-order valence-electron chi connectivity index (χ0n) is 9.05. The predicted molar refractivity (Wildman–Crippen MR) is 57.1 cm³/mol. The number of hydrogen-bond acceptors (Lipinski definition) is 2. The first-order chi connectivity index (χ1) is 6.74. The largest absolute Gasteiger partial charge is 0.465 e. The molecule has 0 aromatic carbocycles. The van der Waals surface area contributed by atoms with Gasteiger partial charge in [-0.15, -0.1) is 0 Å². The summed E-state index contributed by atoms with van der Waals surface area (Å²) in [7, 11) is 0. The van der Waals surface area contributed by atoms with Crippen molar-refractivity contribution in [1.29, 1.82) is 0 Å². The van der Waals surface area contributed by atoms with Crippen molar-refractivity contribution in [2.24, 2.45) is 5.92 Å². The van der Waals surface area contributed by atoms with Gasteiger partial charge in [-0.3, -0.25) is 0 Å². The van der Waals surface area contributed by atoms with Gasteiger partial charge in [0, 0.05) is 6.04 Å². The topological polar surface area (TPSA) is 25.2 Å². The van der Waals surface area contributed by atoms with Crippen LogP contribution in [0.25, 0.3) is 0 Å².